The van der Waals surface area contributed by atoms with Crippen LogP contribution in [0.15, 0.2) is 0 Å². The summed E-state index contributed by atoms with van der Waals surface area (Å²) in [5.41, 5.74) is 0. The van der Waals surface area contributed by atoms with Crippen molar-refractivity contribution >= 4 is 21.0 Å². The van der Waals surface area contributed by atoms with Crippen molar-refractivity contribution in [3.63, 3.8) is 0 Å². The molecule has 0 aliphatic rings. The first-order valence-electron chi connectivity index (χ1n) is 0.894. The lowest BCUT2D eigenvalue weighted by Gasteiger charge is -1.19. The maximum Gasteiger partial charge on any atom is 0.141 e. The van der Waals surface area contributed by atoms with E-state index in [1.165, 1.54) is 0 Å². The normalized spacial score (nSPS) is 3.00. The molecule has 0 fully saturated rings. The first kappa shape index (κ1) is 33.8. The Morgan fingerprint density at radius 2 is 0.667 bits per heavy atom. The van der Waals surface area contributed by atoms with Crippen molar-refractivity contribution in [2.45, 2.75) is 0 Å². The molecule has 0 saturated carbocycles. The number of hydrogen-bond donors (Lipinski definition) is 2. The summed E-state index contributed by atoms with van der Waals surface area (Å²) in [5.74, 6) is 0. The molecule has 0 rings (SSSR count). The predicted octanol–water partition coefficient (Wildman–Crippen LogP) is -5.13. The lowest BCUT2D eigenvalue weighted by Crippen LogP contribution is -1.34. The van der Waals surface area contributed by atoms with Crippen LogP contribution >= 0.6 is 0 Å². The molecule has 6 heavy (non-hydrogen) atoms. The standard InChI is InChI=1S/2H4OSi.2H2O/c2*1-2;;/h2*1H,2H3;2*1H2. The third kappa shape index (κ3) is 611. The van der Waals surface area contributed by atoms with Crippen LogP contribution < -0.4 is 0 Å². The van der Waals surface area contributed by atoms with Gasteiger partial charge in [-0.05, 0) is 0 Å². The van der Waals surface area contributed by atoms with Crippen LogP contribution in [0.2, 0.25) is 0 Å². The zero-order valence-corrected chi connectivity index (χ0v) is 7.89. The third-order valence-corrected chi connectivity index (χ3v) is 0. The van der Waals surface area contributed by atoms with Crippen molar-refractivity contribution in [2.75, 3.05) is 0 Å². The summed E-state index contributed by atoms with van der Waals surface area (Å²) in [5, 5.41) is 0. The van der Waals surface area contributed by atoms with Gasteiger partial charge in [0.1, 0.15) is 21.0 Å². The van der Waals surface area contributed by atoms with Crippen molar-refractivity contribution in [1.29, 1.82) is 0 Å². The minimum absolute atomic E-state index is 0. The predicted molar refractivity (Wildman–Crippen MR) is 31.5 cm³/mol. The molecule has 6 heteroatoms. The topological polar surface area (TPSA) is 103 Å². The van der Waals surface area contributed by atoms with Gasteiger partial charge in [0, 0.05) is 0 Å². The molecule has 0 bridgehead atoms. The van der Waals surface area contributed by atoms with Gasteiger partial charge in [-0.1, -0.05) is 0 Å². The average Bonchev–Trinajstić information content (AvgIpc) is 1.50. The zero-order chi connectivity index (χ0) is 4.00. The monoisotopic (exact) mass is 132 g/mol. The molecule has 0 saturated heterocycles. The summed E-state index contributed by atoms with van der Waals surface area (Å²) < 4.78 is 0. The van der Waals surface area contributed by atoms with E-state index >= 15 is 0 Å². The lowest BCUT2D eigenvalue weighted by molar-refractivity contribution is 0.628. The van der Waals surface area contributed by atoms with Gasteiger partial charge in [-0.3, -0.25) is 0 Å². The molecule has 0 aromatic rings. The van der Waals surface area contributed by atoms with Crippen LogP contribution in [0.3, 0.4) is 0 Å². The van der Waals surface area contributed by atoms with Gasteiger partial charge in [-0.2, -0.15) is 0 Å². The Hall–Kier alpha value is 0.274. The zero-order valence-electron chi connectivity index (χ0n) is 3.89. The van der Waals surface area contributed by atoms with Crippen LogP contribution in [-0.2, 0) is 0 Å². The van der Waals surface area contributed by atoms with E-state index in [4.69, 9.17) is 9.59 Å². The van der Waals surface area contributed by atoms with E-state index in [0.717, 1.165) is 0 Å². The Morgan fingerprint density at radius 1 is 0.667 bits per heavy atom. The molecule has 0 aliphatic carbocycles. The van der Waals surface area contributed by atoms with Gasteiger partial charge in [0.25, 0.3) is 0 Å². The summed E-state index contributed by atoms with van der Waals surface area (Å²) in [4.78, 5) is 14.3. The second-order valence-corrected chi connectivity index (χ2v) is 0. The smallest absolute Gasteiger partial charge is 0.141 e. The van der Waals surface area contributed by atoms with Gasteiger partial charge in [-0.15, -0.1) is 0 Å². The first-order chi connectivity index (χ1) is 2.00. The van der Waals surface area contributed by atoms with E-state index in [1.54, 1.807) is 0 Å². The summed E-state index contributed by atoms with van der Waals surface area (Å²) >= 11 is 0. The molecule has 0 aromatic heterocycles. The van der Waals surface area contributed by atoms with Crippen LogP contribution in [0.4, 0.5) is 0 Å². The molecule has 0 atom stereocenters. The molecular formula is H12O4Si2. The molecule has 0 aliphatic heterocycles. The Balaban J connectivity index is -0.00000000500. The Bertz CT molecular complexity index is 5.51. The maximum absolute atomic E-state index is 7.14. The summed E-state index contributed by atoms with van der Waals surface area (Å²) in [6, 6.07) is 0. The van der Waals surface area contributed by atoms with Gasteiger partial charge in [-0.25, -0.2) is 0 Å². The highest BCUT2D eigenvalue weighted by molar-refractivity contribution is 5.95. The molecule has 44 valence electrons. The molecular weight excluding hydrogens is 120 g/mol. The molecule has 0 amide bonds. The highest BCUT2D eigenvalue weighted by Gasteiger charge is 0.893. The van der Waals surface area contributed by atoms with Crippen molar-refractivity contribution in [3.8, 4) is 0 Å². The highest BCUT2D eigenvalue weighted by atomic mass is 28.2. The van der Waals surface area contributed by atoms with Gasteiger partial charge in [0.15, 0.2) is 0 Å². The van der Waals surface area contributed by atoms with Gasteiger partial charge >= 0.3 is 0 Å². The largest absolute Gasteiger partial charge is 0.442 e. The van der Waals surface area contributed by atoms with Gasteiger partial charge < -0.3 is 20.5 Å². The molecule has 0 heterocycles. The fourth-order valence-corrected chi connectivity index (χ4v) is 0. The average molecular weight is 132 g/mol. The van der Waals surface area contributed by atoms with Crippen LogP contribution in [0.1, 0.15) is 0 Å². The fraction of sp³-hybridized carbons (Fsp3) is 0. The van der Waals surface area contributed by atoms with Gasteiger partial charge in [0.2, 0.25) is 0 Å². The lowest BCUT2D eigenvalue weighted by atomic mass is 15.9. The van der Waals surface area contributed by atoms with Crippen LogP contribution in [-0.4, -0.2) is 41.5 Å². The third-order valence-electron chi connectivity index (χ3n) is 0. The van der Waals surface area contributed by atoms with Crippen LogP contribution in [0, 0.1) is 0 Å². The molecule has 0 spiro atoms. The van der Waals surface area contributed by atoms with E-state index in [9.17, 15) is 0 Å². The molecule has 6 N–H and O–H groups in total. The van der Waals surface area contributed by atoms with Crippen LogP contribution in [0.5, 0.6) is 0 Å². The van der Waals surface area contributed by atoms with Crippen molar-refractivity contribution in [3.05, 3.63) is 0 Å². The summed E-state index contributed by atoms with van der Waals surface area (Å²) in [7, 11) is 0.611. The summed E-state index contributed by atoms with van der Waals surface area (Å²) in [6.45, 7) is 0. The molecule has 0 aromatic carbocycles. The van der Waals surface area contributed by atoms with E-state index < -0.39 is 0 Å². The maximum atomic E-state index is 7.14. The van der Waals surface area contributed by atoms with E-state index in [2.05, 4.69) is 0 Å². The second kappa shape index (κ2) is 1290. The molecule has 0 unspecified atom stereocenters. The van der Waals surface area contributed by atoms with Crippen molar-refractivity contribution in [1.82, 2.24) is 0 Å². The number of rotatable bonds is 0. The first-order valence-corrected chi connectivity index (χ1v) is 2.68. The quantitative estimate of drug-likeness (QED) is 0.322. The van der Waals surface area contributed by atoms with Gasteiger partial charge in [0.05, 0.1) is 0 Å². The van der Waals surface area contributed by atoms with E-state index in [0.29, 0.717) is 21.0 Å². The second-order valence-electron chi connectivity index (χ2n) is 0. The Kier molecular flexibility index (Phi) is 7230. The van der Waals surface area contributed by atoms with E-state index in [-0.39, 0.29) is 11.0 Å². The Labute approximate surface area is 42.5 Å². The van der Waals surface area contributed by atoms with Crippen molar-refractivity contribution < 1.29 is 20.5 Å². The van der Waals surface area contributed by atoms with Crippen molar-refractivity contribution in [2.24, 2.45) is 0 Å². The number of hydrogen-bond acceptors (Lipinski definition) is 2. The van der Waals surface area contributed by atoms with Crippen LogP contribution in [0.25, 0.3) is 0 Å². The minimum atomic E-state index is 0. The SMILES string of the molecule is O.O.O[SiH3].O[SiH3]. The molecule has 0 radical (unpaired) electrons. The Morgan fingerprint density at radius 3 is 0.667 bits per heavy atom. The minimum Gasteiger partial charge on any atom is -0.442 e. The van der Waals surface area contributed by atoms with E-state index in [1.807, 2.05) is 0 Å². The fourth-order valence-electron chi connectivity index (χ4n) is 0. The molecule has 4 nitrogen and oxygen atoms in total. The highest BCUT2D eigenvalue weighted by Crippen LogP contribution is 0.668. The summed E-state index contributed by atoms with van der Waals surface area (Å²) in [6.07, 6.45) is 0.